The molecule has 3 rings (SSSR count). The van der Waals surface area contributed by atoms with Gasteiger partial charge >= 0.3 is 12.4 Å². The number of alkyl halides is 6. The number of nitrogens with two attached hydrogens (primary N) is 2. The number of carbonyl (C=O) groups is 1. The molecule has 0 atom stereocenters. The number of anilines is 1. The topological polar surface area (TPSA) is 74.0 Å². The Labute approximate surface area is 167 Å². The average molecular weight is 429 g/mol. The Hall–Kier alpha value is -3.17. The summed E-state index contributed by atoms with van der Waals surface area (Å²) in [7, 11) is 0. The summed E-state index contributed by atoms with van der Waals surface area (Å²) in [4.78, 5) is 11.1. The lowest BCUT2D eigenvalue weighted by atomic mass is 10.0. The highest BCUT2D eigenvalue weighted by atomic mass is 19.4. The summed E-state index contributed by atoms with van der Waals surface area (Å²) in [5.41, 5.74) is 9.45. The Bertz CT molecular complexity index is 1070. The van der Waals surface area contributed by atoms with Gasteiger partial charge in [-0.3, -0.25) is 4.79 Å². The lowest BCUT2D eigenvalue weighted by molar-refractivity contribution is -0.143. The fourth-order valence-corrected chi connectivity index (χ4v) is 3.37. The van der Waals surface area contributed by atoms with Crippen LogP contribution in [0.2, 0.25) is 0 Å². The van der Waals surface area contributed by atoms with Crippen LogP contribution in [-0.2, 0) is 30.1 Å². The van der Waals surface area contributed by atoms with Crippen LogP contribution in [0.1, 0.15) is 28.7 Å². The van der Waals surface area contributed by atoms with Crippen LogP contribution < -0.4 is 11.5 Å². The molecule has 1 heterocycles. The summed E-state index contributed by atoms with van der Waals surface area (Å²) in [5.74, 6) is -0.401. The number of halogens is 6. The van der Waals surface area contributed by atoms with Gasteiger partial charge in [-0.05, 0) is 36.2 Å². The number of para-hydroxylation sites is 1. The van der Waals surface area contributed by atoms with Gasteiger partial charge in [-0.25, -0.2) is 0 Å². The zero-order valence-electron chi connectivity index (χ0n) is 15.4. The minimum atomic E-state index is -4.94. The van der Waals surface area contributed by atoms with E-state index >= 15 is 0 Å². The van der Waals surface area contributed by atoms with Gasteiger partial charge in [-0.1, -0.05) is 18.2 Å². The SMILES string of the molecule is NC(=O)CCc1c(N)n(Cc2cc(C(F)(F)F)cc(C(F)(F)F)c2)c2ccccc12. The first-order valence-electron chi connectivity index (χ1n) is 8.80. The van der Waals surface area contributed by atoms with Gasteiger partial charge in [-0.2, -0.15) is 26.3 Å². The largest absolute Gasteiger partial charge is 0.416 e. The van der Waals surface area contributed by atoms with Gasteiger partial charge in [0.1, 0.15) is 5.82 Å². The summed E-state index contributed by atoms with van der Waals surface area (Å²) in [6, 6.07) is 8.18. The standard InChI is InChI=1S/C20H17F6N3O/c21-19(22,23)12-7-11(8-13(9-12)20(24,25)26)10-29-16-4-2-1-3-14(16)15(18(29)28)5-6-17(27)30/h1-4,7-9H,5-6,10,28H2,(H2,27,30). The third-order valence-electron chi connectivity index (χ3n) is 4.73. The first-order valence-corrected chi connectivity index (χ1v) is 8.80. The minimum Gasteiger partial charge on any atom is -0.385 e. The minimum absolute atomic E-state index is 0.0000116. The van der Waals surface area contributed by atoms with E-state index in [1.165, 1.54) is 4.57 Å². The van der Waals surface area contributed by atoms with Crippen molar-refractivity contribution in [2.75, 3.05) is 5.73 Å². The Morgan fingerprint density at radius 1 is 0.933 bits per heavy atom. The molecule has 10 heteroatoms. The monoisotopic (exact) mass is 429 g/mol. The predicted octanol–water partition coefficient (Wildman–Crippen LogP) is 4.73. The van der Waals surface area contributed by atoms with Crippen molar-refractivity contribution in [1.82, 2.24) is 4.57 Å². The van der Waals surface area contributed by atoms with Crippen molar-refractivity contribution < 1.29 is 31.1 Å². The zero-order chi connectivity index (χ0) is 22.3. The predicted molar refractivity (Wildman–Crippen MR) is 99.4 cm³/mol. The fourth-order valence-electron chi connectivity index (χ4n) is 3.37. The molecule has 0 saturated heterocycles. The second-order valence-electron chi connectivity index (χ2n) is 6.85. The van der Waals surface area contributed by atoms with Crippen LogP contribution in [0.3, 0.4) is 0 Å². The normalized spacial score (nSPS) is 12.5. The van der Waals surface area contributed by atoms with Gasteiger partial charge in [0.05, 0.1) is 16.6 Å². The second kappa shape index (κ2) is 7.58. The fraction of sp³-hybridized carbons (Fsp3) is 0.250. The van der Waals surface area contributed by atoms with Crippen LogP contribution >= 0.6 is 0 Å². The highest BCUT2D eigenvalue weighted by Gasteiger charge is 2.37. The number of primary amides is 1. The number of aromatic nitrogens is 1. The number of hydrogen-bond donors (Lipinski definition) is 2. The molecular formula is C20H17F6N3O. The smallest absolute Gasteiger partial charge is 0.385 e. The molecule has 1 aromatic heterocycles. The molecule has 0 spiro atoms. The van der Waals surface area contributed by atoms with Crippen molar-refractivity contribution in [2.24, 2.45) is 5.73 Å². The van der Waals surface area contributed by atoms with Crippen molar-refractivity contribution >= 4 is 22.6 Å². The van der Waals surface area contributed by atoms with E-state index in [9.17, 15) is 31.1 Å². The quantitative estimate of drug-likeness (QED) is 0.576. The van der Waals surface area contributed by atoms with Crippen LogP contribution in [0.15, 0.2) is 42.5 Å². The molecule has 160 valence electrons. The van der Waals surface area contributed by atoms with E-state index in [1.807, 2.05) is 0 Å². The molecule has 0 aliphatic carbocycles. The van der Waals surface area contributed by atoms with Gasteiger partial charge in [0.15, 0.2) is 0 Å². The van der Waals surface area contributed by atoms with Crippen LogP contribution in [0.5, 0.6) is 0 Å². The van der Waals surface area contributed by atoms with Gasteiger partial charge in [0.2, 0.25) is 5.91 Å². The molecule has 4 nitrogen and oxygen atoms in total. The summed E-state index contributed by atoms with van der Waals surface area (Å²) in [5, 5.41) is 0.652. The van der Waals surface area contributed by atoms with E-state index in [0.29, 0.717) is 28.6 Å². The molecule has 3 aromatic rings. The summed E-state index contributed by atoms with van der Waals surface area (Å²) >= 11 is 0. The first kappa shape index (κ1) is 21.5. The number of nitrogen functional groups attached to an aromatic ring is 1. The van der Waals surface area contributed by atoms with E-state index in [1.54, 1.807) is 24.3 Å². The number of nitrogens with zero attached hydrogens (tertiary/aromatic N) is 1. The third-order valence-corrected chi connectivity index (χ3v) is 4.73. The van der Waals surface area contributed by atoms with E-state index in [4.69, 9.17) is 11.5 Å². The Morgan fingerprint density at radius 3 is 2.03 bits per heavy atom. The molecule has 2 aromatic carbocycles. The third kappa shape index (κ3) is 4.37. The lowest BCUT2D eigenvalue weighted by Gasteiger charge is -2.15. The maximum Gasteiger partial charge on any atom is 0.416 e. The molecule has 30 heavy (non-hydrogen) atoms. The maximum atomic E-state index is 13.1. The molecule has 0 aliphatic heterocycles. The number of benzene rings is 2. The molecule has 0 fully saturated rings. The van der Waals surface area contributed by atoms with Gasteiger partial charge in [0.25, 0.3) is 0 Å². The lowest BCUT2D eigenvalue weighted by Crippen LogP contribution is -2.14. The van der Waals surface area contributed by atoms with E-state index in [-0.39, 0.29) is 36.8 Å². The average Bonchev–Trinajstić information content (AvgIpc) is 2.90. The highest BCUT2D eigenvalue weighted by molar-refractivity contribution is 5.90. The van der Waals surface area contributed by atoms with E-state index < -0.39 is 29.4 Å². The van der Waals surface area contributed by atoms with Crippen LogP contribution in [0, 0.1) is 0 Å². The Morgan fingerprint density at radius 2 is 1.50 bits per heavy atom. The number of rotatable bonds is 5. The van der Waals surface area contributed by atoms with Crippen molar-refractivity contribution in [1.29, 1.82) is 0 Å². The van der Waals surface area contributed by atoms with Crippen molar-refractivity contribution in [3.05, 3.63) is 64.7 Å². The molecule has 0 radical (unpaired) electrons. The molecule has 0 bridgehead atoms. The molecular weight excluding hydrogens is 412 g/mol. The van der Waals surface area contributed by atoms with Crippen LogP contribution in [0.25, 0.3) is 10.9 Å². The first-order chi connectivity index (χ1) is 13.9. The Balaban J connectivity index is 2.12. The van der Waals surface area contributed by atoms with Gasteiger partial charge in [0, 0.05) is 23.9 Å². The summed E-state index contributed by atoms with van der Waals surface area (Å²) in [6.07, 6.45) is -9.68. The Kier molecular flexibility index (Phi) is 5.44. The maximum absolute atomic E-state index is 13.1. The number of amides is 1. The number of aryl methyl sites for hydroxylation is 1. The number of hydrogen-bond acceptors (Lipinski definition) is 2. The molecule has 1 amide bonds. The second-order valence-corrected chi connectivity index (χ2v) is 6.85. The molecule has 0 unspecified atom stereocenters. The summed E-state index contributed by atoms with van der Waals surface area (Å²) < 4.78 is 80.3. The van der Waals surface area contributed by atoms with Crippen LogP contribution in [0.4, 0.5) is 32.2 Å². The highest BCUT2D eigenvalue weighted by Crippen LogP contribution is 2.37. The summed E-state index contributed by atoms with van der Waals surface area (Å²) in [6.45, 7) is -0.310. The molecule has 0 saturated carbocycles. The van der Waals surface area contributed by atoms with Crippen molar-refractivity contribution in [2.45, 2.75) is 31.7 Å². The van der Waals surface area contributed by atoms with Crippen molar-refractivity contribution in [3.63, 3.8) is 0 Å². The van der Waals surface area contributed by atoms with Gasteiger partial charge < -0.3 is 16.0 Å². The zero-order valence-corrected chi connectivity index (χ0v) is 15.4. The number of carbonyl (C=O) groups excluding carboxylic acids is 1. The van der Waals surface area contributed by atoms with E-state index in [0.717, 1.165) is 0 Å². The van der Waals surface area contributed by atoms with Gasteiger partial charge in [-0.15, -0.1) is 0 Å². The molecule has 4 N–H and O–H groups in total. The van der Waals surface area contributed by atoms with Crippen LogP contribution in [-0.4, -0.2) is 10.5 Å². The number of fused-ring (bicyclic) bond motifs is 1. The molecule has 0 aliphatic rings. The van der Waals surface area contributed by atoms with Crippen molar-refractivity contribution in [3.8, 4) is 0 Å². The van der Waals surface area contributed by atoms with E-state index in [2.05, 4.69) is 0 Å².